The molecule has 106 valence electrons. The Kier molecular flexibility index (Phi) is 5.04. The molecule has 0 amide bonds. The first kappa shape index (κ1) is 15.6. The molecule has 0 saturated heterocycles. The third kappa shape index (κ3) is 3.75. The van der Waals surface area contributed by atoms with Gasteiger partial charge in [-0.3, -0.25) is 4.79 Å². The van der Waals surface area contributed by atoms with E-state index in [4.69, 9.17) is 5.73 Å². The Labute approximate surface area is 115 Å². The van der Waals surface area contributed by atoms with Crippen LogP contribution in [0.1, 0.15) is 17.2 Å². The van der Waals surface area contributed by atoms with Gasteiger partial charge in [0.2, 0.25) is 10.0 Å². The lowest BCUT2D eigenvalue weighted by Gasteiger charge is -2.22. The van der Waals surface area contributed by atoms with Crippen molar-refractivity contribution in [2.75, 3.05) is 13.8 Å². The zero-order valence-corrected chi connectivity index (χ0v) is 12.2. The predicted octanol–water partition coefficient (Wildman–Crippen LogP) is 0.439. The summed E-state index contributed by atoms with van der Waals surface area (Å²) in [6, 6.07) is 0. The Balaban J connectivity index is 3.01. The van der Waals surface area contributed by atoms with Crippen LogP contribution < -0.4 is 5.73 Å². The fourth-order valence-corrected chi connectivity index (χ4v) is 3.72. The molecule has 7 nitrogen and oxygen atoms in total. The highest BCUT2D eigenvalue weighted by atomic mass is 32.2. The molecule has 1 heterocycles. The molecule has 0 aromatic carbocycles. The molecule has 1 rings (SSSR count). The van der Waals surface area contributed by atoms with Crippen molar-refractivity contribution in [2.24, 2.45) is 5.73 Å². The van der Waals surface area contributed by atoms with Gasteiger partial charge in [-0.05, 0) is 0 Å². The number of carbonyl (C=O) groups excluding carboxylic acids is 1. The first-order chi connectivity index (χ1) is 8.76. The van der Waals surface area contributed by atoms with E-state index in [0.717, 1.165) is 15.6 Å². The molecule has 0 aliphatic carbocycles. The van der Waals surface area contributed by atoms with Crippen LogP contribution in [0.4, 0.5) is 0 Å². The van der Waals surface area contributed by atoms with Gasteiger partial charge < -0.3 is 10.5 Å². The fourth-order valence-electron chi connectivity index (χ4n) is 1.28. The molecule has 0 aliphatic heterocycles. The summed E-state index contributed by atoms with van der Waals surface area (Å²) in [5.41, 5.74) is 5.53. The van der Waals surface area contributed by atoms with Crippen molar-refractivity contribution < 1.29 is 17.9 Å². The standard InChI is InChI=1S/C10H15N3O4S2/c1-7(11)9(10-12-4-5-18-10)19(15,16)13(3)6-17-8(2)14/h4-5,9H,1,6,11H2,2-3H3. The van der Waals surface area contributed by atoms with Crippen LogP contribution in [-0.4, -0.2) is 37.5 Å². The van der Waals surface area contributed by atoms with Gasteiger partial charge in [0.15, 0.2) is 12.0 Å². The molecule has 1 aromatic rings. The topological polar surface area (TPSA) is 103 Å². The smallest absolute Gasteiger partial charge is 0.303 e. The molecule has 0 radical (unpaired) electrons. The quantitative estimate of drug-likeness (QED) is 0.604. The van der Waals surface area contributed by atoms with Crippen molar-refractivity contribution in [3.05, 3.63) is 28.9 Å². The maximum atomic E-state index is 12.3. The van der Waals surface area contributed by atoms with Crippen LogP contribution >= 0.6 is 11.3 Å². The predicted molar refractivity (Wildman–Crippen MR) is 71.5 cm³/mol. The van der Waals surface area contributed by atoms with Gasteiger partial charge in [-0.25, -0.2) is 13.4 Å². The van der Waals surface area contributed by atoms with E-state index >= 15 is 0 Å². The number of esters is 1. The zero-order valence-electron chi connectivity index (χ0n) is 10.6. The highest BCUT2D eigenvalue weighted by Gasteiger charge is 2.35. The second-order valence-corrected chi connectivity index (χ2v) is 6.78. The maximum absolute atomic E-state index is 12.3. The van der Waals surface area contributed by atoms with E-state index in [1.807, 2.05) is 0 Å². The van der Waals surface area contributed by atoms with Crippen LogP contribution in [0.25, 0.3) is 0 Å². The monoisotopic (exact) mass is 305 g/mol. The minimum Gasteiger partial charge on any atom is -0.449 e. The van der Waals surface area contributed by atoms with Crippen molar-refractivity contribution in [3.8, 4) is 0 Å². The first-order valence-corrected chi connectivity index (χ1v) is 7.57. The zero-order chi connectivity index (χ0) is 14.6. The van der Waals surface area contributed by atoms with E-state index in [1.54, 1.807) is 5.38 Å². The number of nitrogens with zero attached hydrogens (tertiary/aromatic N) is 2. The van der Waals surface area contributed by atoms with Crippen LogP contribution in [0.15, 0.2) is 23.9 Å². The molecule has 0 aliphatic rings. The van der Waals surface area contributed by atoms with Crippen molar-refractivity contribution in [1.29, 1.82) is 0 Å². The molecule has 1 atom stereocenters. The molecular formula is C10H15N3O4S2. The molecule has 0 fully saturated rings. The summed E-state index contributed by atoms with van der Waals surface area (Å²) >= 11 is 1.16. The van der Waals surface area contributed by atoms with Gasteiger partial charge in [-0.1, -0.05) is 6.58 Å². The first-order valence-electron chi connectivity index (χ1n) is 5.19. The summed E-state index contributed by atoms with van der Waals surface area (Å²) in [6.07, 6.45) is 1.48. The number of thiazole rings is 1. The van der Waals surface area contributed by atoms with Crippen molar-refractivity contribution in [3.63, 3.8) is 0 Å². The number of hydrogen-bond acceptors (Lipinski definition) is 7. The summed E-state index contributed by atoms with van der Waals surface area (Å²) in [4.78, 5) is 14.7. The van der Waals surface area contributed by atoms with Gasteiger partial charge in [-0.2, -0.15) is 4.31 Å². The van der Waals surface area contributed by atoms with Crippen LogP contribution in [0.2, 0.25) is 0 Å². The van der Waals surface area contributed by atoms with Crippen molar-refractivity contribution in [2.45, 2.75) is 12.2 Å². The van der Waals surface area contributed by atoms with Crippen LogP contribution in [0, 0.1) is 0 Å². The average molecular weight is 305 g/mol. The maximum Gasteiger partial charge on any atom is 0.303 e. The normalized spacial score (nSPS) is 13.2. The van der Waals surface area contributed by atoms with Crippen LogP contribution in [0.3, 0.4) is 0 Å². The minimum absolute atomic E-state index is 0.0374. The van der Waals surface area contributed by atoms with Gasteiger partial charge in [0, 0.05) is 31.2 Å². The van der Waals surface area contributed by atoms with Gasteiger partial charge in [0.05, 0.1) is 0 Å². The number of aromatic nitrogens is 1. The van der Waals surface area contributed by atoms with Crippen LogP contribution in [0.5, 0.6) is 0 Å². The van der Waals surface area contributed by atoms with E-state index in [2.05, 4.69) is 16.3 Å². The third-order valence-corrected chi connectivity index (χ3v) is 5.28. The van der Waals surface area contributed by atoms with Gasteiger partial charge in [-0.15, -0.1) is 11.3 Å². The Morgan fingerprint density at radius 2 is 2.32 bits per heavy atom. The Morgan fingerprint density at radius 1 is 1.68 bits per heavy atom. The number of sulfonamides is 1. The van der Waals surface area contributed by atoms with E-state index in [1.165, 1.54) is 20.2 Å². The molecule has 1 unspecified atom stereocenters. The molecule has 2 N–H and O–H groups in total. The van der Waals surface area contributed by atoms with Crippen LogP contribution in [-0.2, 0) is 19.6 Å². The molecule has 0 saturated carbocycles. The Morgan fingerprint density at radius 3 is 2.74 bits per heavy atom. The summed E-state index contributed by atoms with van der Waals surface area (Å²) in [5.74, 6) is -0.570. The van der Waals surface area contributed by atoms with E-state index in [0.29, 0.717) is 5.01 Å². The number of nitrogens with two attached hydrogens (primary N) is 1. The Bertz CT molecular complexity index is 553. The molecule has 9 heteroatoms. The number of carbonyl (C=O) groups is 1. The SMILES string of the molecule is C=C(N)C(c1nccs1)S(=O)(=O)N(C)COC(C)=O. The van der Waals surface area contributed by atoms with E-state index in [-0.39, 0.29) is 12.4 Å². The average Bonchev–Trinajstić information content (AvgIpc) is 2.78. The molecular weight excluding hydrogens is 290 g/mol. The van der Waals surface area contributed by atoms with E-state index < -0.39 is 21.2 Å². The van der Waals surface area contributed by atoms with Gasteiger partial charge >= 0.3 is 5.97 Å². The largest absolute Gasteiger partial charge is 0.449 e. The van der Waals surface area contributed by atoms with Gasteiger partial charge in [0.25, 0.3) is 0 Å². The van der Waals surface area contributed by atoms with E-state index in [9.17, 15) is 13.2 Å². The van der Waals surface area contributed by atoms with Crippen molar-refractivity contribution in [1.82, 2.24) is 9.29 Å². The lowest BCUT2D eigenvalue weighted by Crippen LogP contribution is -2.35. The summed E-state index contributed by atoms with van der Waals surface area (Å²) < 4.78 is 30.2. The van der Waals surface area contributed by atoms with Crippen molar-refractivity contribution >= 4 is 27.3 Å². The minimum atomic E-state index is -3.84. The number of hydrogen-bond donors (Lipinski definition) is 1. The highest BCUT2D eigenvalue weighted by Crippen LogP contribution is 2.30. The highest BCUT2D eigenvalue weighted by molar-refractivity contribution is 7.89. The fraction of sp³-hybridized carbons (Fsp3) is 0.400. The lowest BCUT2D eigenvalue weighted by molar-refractivity contribution is -0.143. The number of ether oxygens (including phenoxy) is 1. The molecule has 1 aromatic heterocycles. The molecule has 0 spiro atoms. The third-order valence-electron chi connectivity index (χ3n) is 2.19. The molecule has 0 bridgehead atoms. The molecule has 19 heavy (non-hydrogen) atoms. The summed E-state index contributed by atoms with van der Waals surface area (Å²) in [7, 11) is -2.55. The summed E-state index contributed by atoms with van der Waals surface area (Å²) in [5, 5.41) is 0.822. The number of rotatable bonds is 6. The summed E-state index contributed by atoms with van der Waals surface area (Å²) in [6.45, 7) is 4.30. The second kappa shape index (κ2) is 6.13. The Hall–Kier alpha value is -1.45. The van der Waals surface area contributed by atoms with Gasteiger partial charge in [0.1, 0.15) is 5.01 Å². The second-order valence-electron chi connectivity index (χ2n) is 3.73. The lowest BCUT2D eigenvalue weighted by atomic mass is 10.3.